The number of rotatable bonds is 5. The van der Waals surface area contributed by atoms with Gasteiger partial charge in [0.15, 0.2) is 0 Å². The van der Waals surface area contributed by atoms with Gasteiger partial charge in [0.2, 0.25) is 5.91 Å². The van der Waals surface area contributed by atoms with Gasteiger partial charge in [-0.05, 0) is 31.6 Å². The maximum atomic E-state index is 12.2. The molecule has 0 aromatic rings. The first kappa shape index (κ1) is 17.7. The summed E-state index contributed by atoms with van der Waals surface area (Å²) in [7, 11) is 0. The molecule has 1 amide bonds. The number of carbonyl (C=O) groups is 1. The van der Waals surface area contributed by atoms with Crippen LogP contribution in [0.4, 0.5) is 0 Å². The molecule has 3 nitrogen and oxygen atoms in total. The molecule has 0 saturated heterocycles. The Morgan fingerprint density at radius 3 is 2.44 bits per heavy atom. The Morgan fingerprint density at radius 1 is 1.33 bits per heavy atom. The van der Waals surface area contributed by atoms with Gasteiger partial charge < -0.3 is 10.6 Å². The normalized spacial score (nSPS) is 23.6. The van der Waals surface area contributed by atoms with Crippen LogP contribution in [0.3, 0.4) is 0 Å². The van der Waals surface area contributed by atoms with E-state index in [1.54, 1.807) is 0 Å². The lowest BCUT2D eigenvalue weighted by Gasteiger charge is -2.31. The molecular formula is C14H29ClN2O. The van der Waals surface area contributed by atoms with Gasteiger partial charge in [0.25, 0.3) is 0 Å². The Hall–Kier alpha value is -0.280. The third-order valence-electron chi connectivity index (χ3n) is 3.72. The monoisotopic (exact) mass is 276 g/mol. The predicted octanol–water partition coefficient (Wildman–Crippen LogP) is 2.82. The zero-order chi connectivity index (χ0) is 12.8. The minimum Gasteiger partial charge on any atom is -0.343 e. The van der Waals surface area contributed by atoms with Gasteiger partial charge in [0, 0.05) is 25.6 Å². The van der Waals surface area contributed by atoms with E-state index in [1.165, 1.54) is 12.8 Å². The quantitative estimate of drug-likeness (QED) is 0.839. The summed E-state index contributed by atoms with van der Waals surface area (Å²) in [5, 5.41) is 0. The van der Waals surface area contributed by atoms with Gasteiger partial charge in [0.05, 0.1) is 0 Å². The van der Waals surface area contributed by atoms with Crippen molar-refractivity contribution >= 4 is 18.3 Å². The SMILES string of the molecule is CCN(CC(C)C)C(=O)CC1CCCCC1N.Cl. The van der Waals surface area contributed by atoms with E-state index >= 15 is 0 Å². The lowest BCUT2D eigenvalue weighted by atomic mass is 9.82. The average molecular weight is 277 g/mol. The fourth-order valence-electron chi connectivity index (χ4n) is 2.69. The van der Waals surface area contributed by atoms with Crippen molar-refractivity contribution in [1.29, 1.82) is 0 Å². The summed E-state index contributed by atoms with van der Waals surface area (Å²) < 4.78 is 0. The van der Waals surface area contributed by atoms with Crippen LogP contribution in [0.5, 0.6) is 0 Å². The van der Waals surface area contributed by atoms with Gasteiger partial charge in [-0.1, -0.05) is 26.7 Å². The van der Waals surface area contributed by atoms with Crippen molar-refractivity contribution in [2.24, 2.45) is 17.6 Å². The summed E-state index contributed by atoms with van der Waals surface area (Å²) in [4.78, 5) is 14.2. The molecule has 1 saturated carbocycles. The average Bonchev–Trinajstić information content (AvgIpc) is 2.28. The summed E-state index contributed by atoms with van der Waals surface area (Å²) in [5.41, 5.74) is 6.10. The largest absolute Gasteiger partial charge is 0.343 e. The van der Waals surface area contributed by atoms with E-state index < -0.39 is 0 Å². The number of amides is 1. The minimum absolute atomic E-state index is 0. The molecule has 0 heterocycles. The topological polar surface area (TPSA) is 46.3 Å². The molecular weight excluding hydrogens is 248 g/mol. The molecule has 2 unspecified atom stereocenters. The van der Waals surface area contributed by atoms with Gasteiger partial charge in [0.1, 0.15) is 0 Å². The first-order chi connectivity index (χ1) is 8.04. The zero-order valence-corrected chi connectivity index (χ0v) is 12.8. The van der Waals surface area contributed by atoms with Crippen LogP contribution < -0.4 is 5.73 Å². The van der Waals surface area contributed by atoms with Gasteiger partial charge in [-0.3, -0.25) is 4.79 Å². The third kappa shape index (κ3) is 5.57. The van der Waals surface area contributed by atoms with Gasteiger partial charge in [-0.25, -0.2) is 0 Å². The highest BCUT2D eigenvalue weighted by atomic mass is 35.5. The lowest BCUT2D eigenvalue weighted by Crippen LogP contribution is -2.40. The molecule has 18 heavy (non-hydrogen) atoms. The van der Waals surface area contributed by atoms with Gasteiger partial charge in [-0.2, -0.15) is 0 Å². The van der Waals surface area contributed by atoms with Crippen molar-refractivity contribution in [1.82, 2.24) is 4.90 Å². The Labute approximate surface area is 118 Å². The highest BCUT2D eigenvalue weighted by Crippen LogP contribution is 2.26. The van der Waals surface area contributed by atoms with Crippen molar-refractivity contribution in [2.45, 2.75) is 58.9 Å². The standard InChI is InChI=1S/C14H28N2O.ClH/c1-4-16(10-11(2)3)14(17)9-12-7-5-6-8-13(12)15;/h11-13H,4-10,15H2,1-3H3;1H. The molecule has 0 radical (unpaired) electrons. The second-order valence-corrected chi connectivity index (χ2v) is 5.74. The van der Waals surface area contributed by atoms with Crippen LogP contribution in [0.15, 0.2) is 0 Å². The fraction of sp³-hybridized carbons (Fsp3) is 0.929. The first-order valence-electron chi connectivity index (χ1n) is 7.08. The van der Waals surface area contributed by atoms with Crippen LogP contribution in [-0.2, 0) is 4.79 Å². The van der Waals surface area contributed by atoms with Crippen LogP contribution >= 0.6 is 12.4 Å². The summed E-state index contributed by atoms with van der Waals surface area (Å²) in [6.45, 7) is 8.06. The van der Waals surface area contributed by atoms with E-state index in [0.29, 0.717) is 24.2 Å². The first-order valence-corrected chi connectivity index (χ1v) is 7.08. The van der Waals surface area contributed by atoms with Gasteiger partial charge >= 0.3 is 0 Å². The van der Waals surface area contributed by atoms with E-state index in [-0.39, 0.29) is 18.4 Å². The van der Waals surface area contributed by atoms with Crippen LogP contribution in [0.2, 0.25) is 0 Å². The second-order valence-electron chi connectivity index (χ2n) is 5.74. The molecule has 4 heteroatoms. The number of carbonyl (C=O) groups excluding carboxylic acids is 1. The molecule has 2 N–H and O–H groups in total. The summed E-state index contributed by atoms with van der Waals surface area (Å²) in [6, 6.07) is 0.241. The maximum Gasteiger partial charge on any atom is 0.222 e. The van der Waals surface area contributed by atoms with Crippen molar-refractivity contribution in [3.8, 4) is 0 Å². The minimum atomic E-state index is 0. The van der Waals surface area contributed by atoms with E-state index in [0.717, 1.165) is 25.9 Å². The number of nitrogens with two attached hydrogens (primary N) is 1. The van der Waals surface area contributed by atoms with Crippen molar-refractivity contribution in [3.63, 3.8) is 0 Å². The Bertz CT molecular complexity index is 246. The van der Waals surface area contributed by atoms with Gasteiger partial charge in [-0.15, -0.1) is 12.4 Å². The zero-order valence-electron chi connectivity index (χ0n) is 12.0. The Balaban J connectivity index is 0.00000289. The molecule has 1 aliphatic rings. The molecule has 1 aliphatic carbocycles. The van der Waals surface area contributed by atoms with E-state index in [4.69, 9.17) is 5.73 Å². The van der Waals surface area contributed by atoms with E-state index in [1.807, 2.05) is 4.90 Å². The smallest absolute Gasteiger partial charge is 0.222 e. The van der Waals surface area contributed by atoms with E-state index in [2.05, 4.69) is 20.8 Å². The number of nitrogens with zero attached hydrogens (tertiary/aromatic N) is 1. The van der Waals surface area contributed by atoms with Crippen molar-refractivity contribution in [2.75, 3.05) is 13.1 Å². The molecule has 108 valence electrons. The maximum absolute atomic E-state index is 12.2. The van der Waals surface area contributed by atoms with Crippen LogP contribution in [0.25, 0.3) is 0 Å². The van der Waals surface area contributed by atoms with Crippen LogP contribution in [-0.4, -0.2) is 29.9 Å². The number of hydrogen-bond acceptors (Lipinski definition) is 2. The summed E-state index contributed by atoms with van der Waals surface area (Å²) >= 11 is 0. The van der Waals surface area contributed by atoms with Crippen LogP contribution in [0, 0.1) is 11.8 Å². The molecule has 1 rings (SSSR count). The lowest BCUT2D eigenvalue weighted by molar-refractivity contribution is -0.132. The molecule has 0 aromatic carbocycles. The predicted molar refractivity (Wildman–Crippen MR) is 78.9 cm³/mol. The van der Waals surface area contributed by atoms with E-state index in [9.17, 15) is 4.79 Å². The molecule has 1 fully saturated rings. The second kappa shape index (κ2) is 8.76. The molecule has 0 aromatic heterocycles. The summed E-state index contributed by atoms with van der Waals surface area (Å²) in [5.74, 6) is 1.25. The molecule has 0 aliphatic heterocycles. The highest BCUT2D eigenvalue weighted by molar-refractivity contribution is 5.85. The number of hydrogen-bond donors (Lipinski definition) is 1. The third-order valence-corrected chi connectivity index (χ3v) is 3.72. The molecule has 2 atom stereocenters. The van der Waals surface area contributed by atoms with Crippen molar-refractivity contribution in [3.05, 3.63) is 0 Å². The van der Waals surface area contributed by atoms with Crippen LogP contribution in [0.1, 0.15) is 52.9 Å². The van der Waals surface area contributed by atoms with Crippen molar-refractivity contribution < 1.29 is 4.79 Å². The summed E-state index contributed by atoms with van der Waals surface area (Å²) in [6.07, 6.45) is 5.35. The Morgan fingerprint density at radius 2 is 1.94 bits per heavy atom. The number of halogens is 1. The fourth-order valence-corrected chi connectivity index (χ4v) is 2.69. The Kier molecular flexibility index (Phi) is 8.62. The molecule has 0 bridgehead atoms. The highest BCUT2D eigenvalue weighted by Gasteiger charge is 2.26. The molecule has 0 spiro atoms.